The van der Waals surface area contributed by atoms with Gasteiger partial charge in [0.1, 0.15) is 6.10 Å². The Morgan fingerprint density at radius 3 is 3.08 bits per heavy atom. The standard InChI is InChI=1S/C10H11O2/c1-2-12-10(8-11)9-6-4-3-5-7-9/h3-4,6-8,10H,2H2,1H3. The summed E-state index contributed by atoms with van der Waals surface area (Å²) in [5, 5.41) is 0. The molecular weight excluding hydrogens is 152 g/mol. The van der Waals surface area contributed by atoms with Crippen LogP contribution in [0.3, 0.4) is 0 Å². The van der Waals surface area contributed by atoms with E-state index in [1.807, 2.05) is 19.1 Å². The second-order valence-corrected chi connectivity index (χ2v) is 2.35. The number of carbonyl (C=O) groups is 1. The number of carbonyl (C=O) groups excluding carboxylic acids is 1. The second kappa shape index (κ2) is 4.67. The van der Waals surface area contributed by atoms with Crippen molar-refractivity contribution < 1.29 is 9.53 Å². The van der Waals surface area contributed by atoms with E-state index in [0.29, 0.717) is 6.61 Å². The number of ether oxygens (including phenoxy) is 1. The van der Waals surface area contributed by atoms with Crippen LogP contribution in [-0.4, -0.2) is 12.9 Å². The molecule has 0 saturated heterocycles. The Morgan fingerprint density at radius 2 is 2.58 bits per heavy atom. The Kier molecular flexibility index (Phi) is 3.48. The number of hydrogen-bond donors (Lipinski definition) is 0. The van der Waals surface area contributed by atoms with Crippen LogP contribution in [0.4, 0.5) is 0 Å². The largest absolute Gasteiger partial charge is 0.366 e. The molecule has 0 heterocycles. The summed E-state index contributed by atoms with van der Waals surface area (Å²) in [4.78, 5) is 10.6. The lowest BCUT2D eigenvalue weighted by Gasteiger charge is -2.09. The SMILES string of the molecule is CCOC(C=O)c1c[c]ccc1. The zero-order chi connectivity index (χ0) is 8.81. The maximum absolute atomic E-state index is 10.6. The fourth-order valence-electron chi connectivity index (χ4n) is 0.978. The highest BCUT2D eigenvalue weighted by Crippen LogP contribution is 2.13. The molecule has 63 valence electrons. The van der Waals surface area contributed by atoms with Gasteiger partial charge in [0.05, 0.1) is 0 Å². The lowest BCUT2D eigenvalue weighted by molar-refractivity contribution is -0.118. The molecule has 0 saturated carbocycles. The third-order valence-corrected chi connectivity index (χ3v) is 1.53. The van der Waals surface area contributed by atoms with Gasteiger partial charge in [0.25, 0.3) is 0 Å². The molecule has 12 heavy (non-hydrogen) atoms. The lowest BCUT2D eigenvalue weighted by Crippen LogP contribution is -2.04. The van der Waals surface area contributed by atoms with E-state index < -0.39 is 6.10 Å². The van der Waals surface area contributed by atoms with Crippen molar-refractivity contribution in [1.29, 1.82) is 0 Å². The zero-order valence-corrected chi connectivity index (χ0v) is 6.99. The summed E-state index contributed by atoms with van der Waals surface area (Å²) < 4.78 is 5.19. The Balaban J connectivity index is 2.73. The van der Waals surface area contributed by atoms with Gasteiger partial charge in [-0.25, -0.2) is 0 Å². The van der Waals surface area contributed by atoms with Crippen LogP contribution in [0, 0.1) is 6.07 Å². The van der Waals surface area contributed by atoms with Crippen molar-refractivity contribution in [3.8, 4) is 0 Å². The minimum absolute atomic E-state index is 0.438. The molecule has 2 heteroatoms. The Morgan fingerprint density at radius 1 is 1.75 bits per heavy atom. The first-order valence-electron chi connectivity index (χ1n) is 3.91. The van der Waals surface area contributed by atoms with Crippen LogP contribution < -0.4 is 0 Å². The van der Waals surface area contributed by atoms with Crippen molar-refractivity contribution in [2.75, 3.05) is 6.61 Å². The molecular formula is C10H11O2. The predicted octanol–water partition coefficient (Wildman–Crippen LogP) is 1.76. The second-order valence-electron chi connectivity index (χ2n) is 2.35. The topological polar surface area (TPSA) is 26.3 Å². The summed E-state index contributed by atoms with van der Waals surface area (Å²) in [5.74, 6) is 0. The summed E-state index contributed by atoms with van der Waals surface area (Å²) in [5.41, 5.74) is 0.856. The van der Waals surface area contributed by atoms with Gasteiger partial charge in [-0.15, -0.1) is 0 Å². The van der Waals surface area contributed by atoms with Gasteiger partial charge in [-0.05, 0) is 24.6 Å². The Labute approximate surface area is 72.2 Å². The van der Waals surface area contributed by atoms with E-state index >= 15 is 0 Å². The average molecular weight is 163 g/mol. The molecule has 1 radical (unpaired) electrons. The monoisotopic (exact) mass is 163 g/mol. The van der Waals surface area contributed by atoms with Crippen LogP contribution in [-0.2, 0) is 9.53 Å². The summed E-state index contributed by atoms with van der Waals surface area (Å²) in [7, 11) is 0. The highest BCUT2D eigenvalue weighted by Gasteiger charge is 2.07. The average Bonchev–Trinajstić information content (AvgIpc) is 2.15. The molecule has 0 aromatic heterocycles. The van der Waals surface area contributed by atoms with E-state index in [2.05, 4.69) is 6.07 Å². The maximum Gasteiger partial charge on any atom is 0.153 e. The van der Waals surface area contributed by atoms with Crippen LogP contribution in [0.15, 0.2) is 24.3 Å². The smallest absolute Gasteiger partial charge is 0.153 e. The van der Waals surface area contributed by atoms with E-state index in [0.717, 1.165) is 11.8 Å². The normalized spacial score (nSPS) is 12.4. The summed E-state index contributed by atoms with van der Waals surface area (Å²) in [6.07, 6.45) is 0.361. The molecule has 0 spiro atoms. The molecule has 0 fully saturated rings. The van der Waals surface area contributed by atoms with Gasteiger partial charge in [0, 0.05) is 6.61 Å². The van der Waals surface area contributed by atoms with Gasteiger partial charge in [-0.1, -0.05) is 18.2 Å². The minimum Gasteiger partial charge on any atom is -0.366 e. The van der Waals surface area contributed by atoms with Gasteiger partial charge in [0.2, 0.25) is 0 Å². The van der Waals surface area contributed by atoms with Gasteiger partial charge in [0.15, 0.2) is 6.29 Å². The van der Waals surface area contributed by atoms with Gasteiger partial charge in [-0.2, -0.15) is 0 Å². The molecule has 1 atom stereocenters. The molecule has 0 amide bonds. The van der Waals surface area contributed by atoms with E-state index in [1.54, 1.807) is 12.1 Å². The van der Waals surface area contributed by atoms with Crippen molar-refractivity contribution in [2.45, 2.75) is 13.0 Å². The van der Waals surface area contributed by atoms with Crippen molar-refractivity contribution in [1.82, 2.24) is 0 Å². The molecule has 0 aliphatic rings. The highest BCUT2D eigenvalue weighted by molar-refractivity contribution is 5.59. The number of aldehydes is 1. The van der Waals surface area contributed by atoms with Crippen molar-refractivity contribution in [3.63, 3.8) is 0 Å². The highest BCUT2D eigenvalue weighted by atomic mass is 16.5. The Bertz CT molecular complexity index is 231. The van der Waals surface area contributed by atoms with E-state index in [9.17, 15) is 4.79 Å². The van der Waals surface area contributed by atoms with Crippen LogP contribution in [0.1, 0.15) is 18.6 Å². The van der Waals surface area contributed by atoms with Gasteiger partial charge < -0.3 is 9.53 Å². The van der Waals surface area contributed by atoms with E-state index in [-0.39, 0.29) is 0 Å². The summed E-state index contributed by atoms with van der Waals surface area (Å²) >= 11 is 0. The Hall–Kier alpha value is -1.15. The minimum atomic E-state index is -0.438. The van der Waals surface area contributed by atoms with E-state index in [1.165, 1.54) is 0 Å². The van der Waals surface area contributed by atoms with Crippen molar-refractivity contribution >= 4 is 6.29 Å². The number of benzene rings is 1. The van der Waals surface area contributed by atoms with Gasteiger partial charge in [-0.3, -0.25) is 0 Å². The number of hydrogen-bond acceptors (Lipinski definition) is 2. The molecule has 1 aromatic rings. The molecule has 0 bridgehead atoms. The number of rotatable bonds is 4. The molecule has 1 aromatic carbocycles. The van der Waals surface area contributed by atoms with Crippen LogP contribution in [0.2, 0.25) is 0 Å². The summed E-state index contributed by atoms with van der Waals surface area (Å²) in [6, 6.07) is 10.1. The van der Waals surface area contributed by atoms with Gasteiger partial charge >= 0.3 is 0 Å². The third kappa shape index (κ3) is 2.17. The zero-order valence-electron chi connectivity index (χ0n) is 6.99. The first-order valence-corrected chi connectivity index (χ1v) is 3.91. The third-order valence-electron chi connectivity index (χ3n) is 1.53. The van der Waals surface area contributed by atoms with Crippen molar-refractivity contribution in [2.24, 2.45) is 0 Å². The molecule has 0 aliphatic carbocycles. The fourth-order valence-corrected chi connectivity index (χ4v) is 0.978. The molecule has 0 N–H and O–H groups in total. The summed E-state index contributed by atoms with van der Waals surface area (Å²) in [6.45, 7) is 2.40. The van der Waals surface area contributed by atoms with E-state index in [4.69, 9.17) is 4.74 Å². The van der Waals surface area contributed by atoms with Crippen LogP contribution >= 0.6 is 0 Å². The molecule has 0 aliphatic heterocycles. The lowest BCUT2D eigenvalue weighted by atomic mass is 10.1. The first kappa shape index (κ1) is 8.94. The molecule has 1 unspecified atom stereocenters. The first-order chi connectivity index (χ1) is 5.88. The quantitative estimate of drug-likeness (QED) is 0.632. The molecule has 1 rings (SSSR count). The molecule has 2 nitrogen and oxygen atoms in total. The van der Waals surface area contributed by atoms with Crippen LogP contribution in [0.25, 0.3) is 0 Å². The predicted molar refractivity (Wildman–Crippen MR) is 45.7 cm³/mol. The van der Waals surface area contributed by atoms with Crippen molar-refractivity contribution in [3.05, 3.63) is 35.9 Å². The maximum atomic E-state index is 10.6. The van der Waals surface area contributed by atoms with Crippen LogP contribution in [0.5, 0.6) is 0 Å². The fraction of sp³-hybridized carbons (Fsp3) is 0.300.